The Kier molecular flexibility index (Phi) is 8.33. The average molecular weight is 288 g/mol. The smallest absolute Gasteiger partial charge is 0.0230 e. The molecule has 0 fully saturated rings. The van der Waals surface area contributed by atoms with Crippen molar-refractivity contribution >= 4 is 0 Å². The van der Waals surface area contributed by atoms with Gasteiger partial charge in [-0.15, -0.1) is 6.58 Å². The van der Waals surface area contributed by atoms with Crippen molar-refractivity contribution in [2.45, 2.75) is 52.1 Å². The van der Waals surface area contributed by atoms with E-state index in [9.17, 15) is 0 Å². The van der Waals surface area contributed by atoms with Crippen LogP contribution in [0.4, 0.5) is 0 Å². The lowest BCUT2D eigenvalue weighted by molar-refractivity contribution is 0.323. The molecule has 1 N–H and O–H groups in total. The Balaban J connectivity index is 2.44. The highest BCUT2D eigenvalue weighted by atomic mass is 15.1. The molecule has 0 amide bonds. The fourth-order valence-corrected chi connectivity index (χ4v) is 2.38. The molecule has 0 spiro atoms. The molecule has 1 unspecified atom stereocenters. The lowest BCUT2D eigenvalue weighted by atomic mass is 9.99. The zero-order valence-electron chi connectivity index (χ0n) is 14.2. The third-order valence-corrected chi connectivity index (χ3v) is 3.78. The SMILES string of the molecule is C=CCCCN(C)Cc1ccc(C(C)CNC(C)C)cc1. The molecule has 0 aromatic heterocycles. The molecule has 0 heterocycles. The van der Waals surface area contributed by atoms with Gasteiger partial charge in [-0.1, -0.05) is 51.1 Å². The van der Waals surface area contributed by atoms with E-state index in [1.165, 1.54) is 17.5 Å². The van der Waals surface area contributed by atoms with Crippen LogP contribution in [0.5, 0.6) is 0 Å². The molecule has 0 radical (unpaired) electrons. The van der Waals surface area contributed by atoms with Gasteiger partial charge in [0.15, 0.2) is 0 Å². The van der Waals surface area contributed by atoms with Crippen LogP contribution in [0.15, 0.2) is 36.9 Å². The summed E-state index contributed by atoms with van der Waals surface area (Å²) >= 11 is 0. The summed E-state index contributed by atoms with van der Waals surface area (Å²) in [5.41, 5.74) is 2.81. The number of unbranched alkanes of at least 4 members (excludes halogenated alkanes) is 1. The number of benzene rings is 1. The molecule has 2 nitrogen and oxygen atoms in total. The van der Waals surface area contributed by atoms with Crippen LogP contribution in [0.3, 0.4) is 0 Å². The van der Waals surface area contributed by atoms with E-state index in [0.29, 0.717) is 12.0 Å². The summed E-state index contributed by atoms with van der Waals surface area (Å²) in [5, 5.41) is 3.50. The summed E-state index contributed by atoms with van der Waals surface area (Å²) in [5.74, 6) is 0.562. The summed E-state index contributed by atoms with van der Waals surface area (Å²) in [6, 6.07) is 9.64. The second-order valence-corrected chi connectivity index (χ2v) is 6.37. The highest BCUT2D eigenvalue weighted by molar-refractivity contribution is 5.25. The number of hydrogen-bond donors (Lipinski definition) is 1. The van der Waals surface area contributed by atoms with E-state index >= 15 is 0 Å². The predicted molar refractivity (Wildman–Crippen MR) is 93.8 cm³/mol. The molecule has 0 bridgehead atoms. The van der Waals surface area contributed by atoms with Gasteiger partial charge in [-0.25, -0.2) is 0 Å². The molecule has 0 saturated carbocycles. The summed E-state index contributed by atoms with van der Waals surface area (Å²) < 4.78 is 0. The van der Waals surface area contributed by atoms with Gasteiger partial charge in [0.25, 0.3) is 0 Å². The molecule has 1 rings (SSSR count). The zero-order valence-corrected chi connectivity index (χ0v) is 14.2. The molecule has 0 aliphatic carbocycles. The van der Waals surface area contributed by atoms with Crippen molar-refractivity contribution < 1.29 is 0 Å². The summed E-state index contributed by atoms with van der Waals surface area (Å²) in [7, 11) is 2.19. The second-order valence-electron chi connectivity index (χ2n) is 6.37. The second kappa shape index (κ2) is 9.75. The minimum absolute atomic E-state index is 0.552. The van der Waals surface area contributed by atoms with Gasteiger partial charge in [-0.2, -0.15) is 0 Å². The Bertz CT molecular complexity index is 395. The van der Waals surface area contributed by atoms with E-state index in [0.717, 1.165) is 26.1 Å². The number of nitrogens with zero attached hydrogens (tertiary/aromatic N) is 1. The maximum absolute atomic E-state index is 3.77. The van der Waals surface area contributed by atoms with Crippen molar-refractivity contribution in [3.05, 3.63) is 48.0 Å². The van der Waals surface area contributed by atoms with Gasteiger partial charge in [-0.05, 0) is 43.5 Å². The molecular formula is C19H32N2. The molecule has 1 aromatic rings. The summed E-state index contributed by atoms with van der Waals surface area (Å²) in [6.07, 6.45) is 4.29. The fourth-order valence-electron chi connectivity index (χ4n) is 2.38. The van der Waals surface area contributed by atoms with Crippen LogP contribution < -0.4 is 5.32 Å². The molecule has 0 aliphatic rings. The minimum Gasteiger partial charge on any atom is -0.314 e. The van der Waals surface area contributed by atoms with Crippen molar-refractivity contribution in [2.24, 2.45) is 0 Å². The number of rotatable bonds is 10. The molecule has 1 atom stereocenters. The van der Waals surface area contributed by atoms with Crippen LogP contribution >= 0.6 is 0 Å². The first-order valence-corrected chi connectivity index (χ1v) is 8.14. The Morgan fingerprint density at radius 3 is 2.43 bits per heavy atom. The first-order valence-electron chi connectivity index (χ1n) is 8.14. The van der Waals surface area contributed by atoms with Crippen molar-refractivity contribution in [1.82, 2.24) is 10.2 Å². The molecule has 0 aliphatic heterocycles. The van der Waals surface area contributed by atoms with Crippen molar-refractivity contribution in [2.75, 3.05) is 20.1 Å². The van der Waals surface area contributed by atoms with E-state index in [1.54, 1.807) is 0 Å². The third kappa shape index (κ3) is 7.45. The Morgan fingerprint density at radius 1 is 1.19 bits per heavy atom. The zero-order chi connectivity index (χ0) is 15.7. The maximum Gasteiger partial charge on any atom is 0.0230 e. The van der Waals surface area contributed by atoms with Gasteiger partial charge >= 0.3 is 0 Å². The van der Waals surface area contributed by atoms with Crippen LogP contribution in [0.25, 0.3) is 0 Å². The van der Waals surface area contributed by atoms with Gasteiger partial charge in [0.2, 0.25) is 0 Å². The summed E-state index contributed by atoms with van der Waals surface area (Å²) in [4.78, 5) is 2.38. The number of nitrogens with one attached hydrogen (secondary N) is 1. The summed E-state index contributed by atoms with van der Waals surface area (Å²) in [6.45, 7) is 13.6. The maximum atomic E-state index is 3.77. The molecule has 0 saturated heterocycles. The van der Waals surface area contributed by atoms with Crippen LogP contribution in [0.2, 0.25) is 0 Å². The van der Waals surface area contributed by atoms with Crippen LogP contribution in [-0.4, -0.2) is 31.1 Å². The quantitative estimate of drug-likeness (QED) is 0.513. The van der Waals surface area contributed by atoms with Crippen molar-refractivity contribution in [3.63, 3.8) is 0 Å². The largest absolute Gasteiger partial charge is 0.314 e. The Hall–Kier alpha value is -1.12. The highest BCUT2D eigenvalue weighted by Gasteiger charge is 2.06. The first kappa shape index (κ1) is 17.9. The van der Waals surface area contributed by atoms with Gasteiger partial charge in [0, 0.05) is 19.1 Å². The standard InChI is InChI=1S/C19H32N2/c1-6-7-8-13-21(5)15-18-9-11-19(12-10-18)17(4)14-20-16(2)3/h6,9-12,16-17,20H,1,7-8,13-15H2,2-5H3. The normalized spacial score (nSPS) is 12.9. The lowest BCUT2D eigenvalue weighted by Gasteiger charge is -2.18. The van der Waals surface area contributed by atoms with E-state index in [1.807, 2.05) is 6.08 Å². The molecule has 2 heteroatoms. The van der Waals surface area contributed by atoms with Gasteiger partial charge < -0.3 is 10.2 Å². The number of hydrogen-bond acceptors (Lipinski definition) is 2. The van der Waals surface area contributed by atoms with Crippen LogP contribution in [0, 0.1) is 0 Å². The van der Waals surface area contributed by atoms with E-state index < -0.39 is 0 Å². The minimum atomic E-state index is 0.552. The monoisotopic (exact) mass is 288 g/mol. The van der Waals surface area contributed by atoms with Gasteiger partial charge in [-0.3, -0.25) is 0 Å². The van der Waals surface area contributed by atoms with Gasteiger partial charge in [0.05, 0.1) is 0 Å². The van der Waals surface area contributed by atoms with Gasteiger partial charge in [0.1, 0.15) is 0 Å². The van der Waals surface area contributed by atoms with Crippen molar-refractivity contribution in [3.8, 4) is 0 Å². The topological polar surface area (TPSA) is 15.3 Å². The van der Waals surface area contributed by atoms with E-state index in [-0.39, 0.29) is 0 Å². The van der Waals surface area contributed by atoms with E-state index in [2.05, 4.69) is 68.9 Å². The Morgan fingerprint density at radius 2 is 1.86 bits per heavy atom. The average Bonchev–Trinajstić information content (AvgIpc) is 2.45. The molecule has 21 heavy (non-hydrogen) atoms. The fraction of sp³-hybridized carbons (Fsp3) is 0.579. The number of allylic oxidation sites excluding steroid dienone is 1. The lowest BCUT2D eigenvalue weighted by Crippen LogP contribution is -2.27. The van der Waals surface area contributed by atoms with E-state index in [4.69, 9.17) is 0 Å². The predicted octanol–water partition coefficient (Wildman–Crippen LogP) is 4.19. The Labute approximate surface area is 131 Å². The molecule has 1 aromatic carbocycles. The third-order valence-electron chi connectivity index (χ3n) is 3.78. The first-order chi connectivity index (χ1) is 10.0. The molecule has 118 valence electrons. The molecular weight excluding hydrogens is 256 g/mol. The van der Waals surface area contributed by atoms with Crippen LogP contribution in [-0.2, 0) is 6.54 Å². The highest BCUT2D eigenvalue weighted by Crippen LogP contribution is 2.16. The van der Waals surface area contributed by atoms with Crippen LogP contribution in [0.1, 0.15) is 50.7 Å². The van der Waals surface area contributed by atoms with Crippen molar-refractivity contribution in [1.29, 1.82) is 0 Å².